The number of ether oxygens (including phenoxy) is 1. The van der Waals surface area contributed by atoms with Crippen LogP contribution < -0.4 is 10.2 Å². The fourth-order valence-electron chi connectivity index (χ4n) is 2.28. The van der Waals surface area contributed by atoms with Crippen LogP contribution in [0.2, 0.25) is 0 Å². The first-order valence-electron chi connectivity index (χ1n) is 6.84. The van der Waals surface area contributed by atoms with E-state index in [0.717, 1.165) is 31.3 Å². The number of methoxy groups -OCH3 is 1. The fraction of sp³-hybridized carbons (Fsp3) is 0.692. The van der Waals surface area contributed by atoms with Crippen LogP contribution in [0.4, 0.5) is 5.13 Å². The standard InChI is InChI=1S/C13H22N4O2S/c1-11(10-19-2)15-12(18)9-16-4-6-17(7-5-16)13-14-3-8-20-13/h3,8,11H,4-7,9-10H2,1-2H3,(H,15,18)/t11-/m0/s1. The van der Waals surface area contributed by atoms with Gasteiger partial charge in [-0.1, -0.05) is 0 Å². The van der Waals surface area contributed by atoms with Crippen molar-refractivity contribution in [1.82, 2.24) is 15.2 Å². The second-order valence-electron chi connectivity index (χ2n) is 5.00. The summed E-state index contributed by atoms with van der Waals surface area (Å²) < 4.78 is 5.01. The Bertz CT molecular complexity index is 405. The van der Waals surface area contributed by atoms with E-state index in [1.807, 2.05) is 18.5 Å². The van der Waals surface area contributed by atoms with Crippen LogP contribution in [0.3, 0.4) is 0 Å². The molecule has 20 heavy (non-hydrogen) atoms. The van der Waals surface area contributed by atoms with E-state index in [-0.39, 0.29) is 11.9 Å². The molecule has 0 bridgehead atoms. The molecule has 1 aliphatic rings. The largest absolute Gasteiger partial charge is 0.383 e. The summed E-state index contributed by atoms with van der Waals surface area (Å²) in [7, 11) is 1.64. The Hall–Kier alpha value is -1.18. The van der Waals surface area contributed by atoms with Crippen LogP contribution in [0, 0.1) is 0 Å². The number of aromatic nitrogens is 1. The Morgan fingerprint density at radius 1 is 1.50 bits per heavy atom. The van der Waals surface area contributed by atoms with Crippen molar-refractivity contribution < 1.29 is 9.53 Å². The van der Waals surface area contributed by atoms with Crippen molar-refractivity contribution >= 4 is 22.4 Å². The molecular weight excluding hydrogens is 276 g/mol. The Morgan fingerprint density at radius 2 is 2.25 bits per heavy atom. The highest BCUT2D eigenvalue weighted by Gasteiger charge is 2.20. The number of piperazine rings is 1. The molecule has 6 nitrogen and oxygen atoms in total. The predicted molar refractivity (Wildman–Crippen MR) is 80.2 cm³/mol. The maximum absolute atomic E-state index is 11.9. The minimum absolute atomic E-state index is 0.0594. The second-order valence-corrected chi connectivity index (χ2v) is 5.87. The van der Waals surface area contributed by atoms with E-state index >= 15 is 0 Å². The average molecular weight is 298 g/mol. The average Bonchev–Trinajstić information content (AvgIpc) is 2.93. The molecule has 1 amide bonds. The third-order valence-corrected chi connectivity index (χ3v) is 4.09. The molecule has 2 rings (SSSR count). The van der Waals surface area contributed by atoms with Crippen molar-refractivity contribution in [2.75, 3.05) is 51.3 Å². The zero-order chi connectivity index (χ0) is 14.4. The monoisotopic (exact) mass is 298 g/mol. The molecule has 1 saturated heterocycles. The maximum Gasteiger partial charge on any atom is 0.234 e. The maximum atomic E-state index is 11.9. The van der Waals surface area contributed by atoms with Crippen LogP contribution in [0.1, 0.15) is 6.92 Å². The van der Waals surface area contributed by atoms with Gasteiger partial charge in [-0.15, -0.1) is 11.3 Å². The summed E-state index contributed by atoms with van der Waals surface area (Å²) in [4.78, 5) is 20.6. The van der Waals surface area contributed by atoms with Crippen molar-refractivity contribution in [3.63, 3.8) is 0 Å². The number of anilines is 1. The van der Waals surface area contributed by atoms with E-state index in [4.69, 9.17) is 4.74 Å². The van der Waals surface area contributed by atoms with Gasteiger partial charge in [0.05, 0.1) is 13.2 Å². The van der Waals surface area contributed by atoms with E-state index in [1.165, 1.54) is 0 Å². The number of hydrogen-bond acceptors (Lipinski definition) is 6. The quantitative estimate of drug-likeness (QED) is 0.825. The molecule has 1 atom stereocenters. The summed E-state index contributed by atoms with van der Waals surface area (Å²) in [5.74, 6) is 0.0669. The zero-order valence-corrected chi connectivity index (χ0v) is 12.9. The molecule has 1 aliphatic heterocycles. The van der Waals surface area contributed by atoms with Crippen molar-refractivity contribution in [1.29, 1.82) is 0 Å². The first kappa shape index (κ1) is 15.2. The number of carbonyl (C=O) groups is 1. The highest BCUT2D eigenvalue weighted by atomic mass is 32.1. The highest BCUT2D eigenvalue weighted by Crippen LogP contribution is 2.18. The summed E-state index contributed by atoms with van der Waals surface area (Å²) in [6.07, 6.45) is 1.83. The third-order valence-electron chi connectivity index (χ3n) is 3.25. The molecule has 0 aliphatic carbocycles. The lowest BCUT2D eigenvalue weighted by molar-refractivity contribution is -0.123. The van der Waals surface area contributed by atoms with Gasteiger partial charge >= 0.3 is 0 Å². The predicted octanol–water partition coefficient (Wildman–Crippen LogP) is 0.416. The van der Waals surface area contributed by atoms with Crippen molar-refractivity contribution in [3.05, 3.63) is 11.6 Å². The summed E-state index contributed by atoms with van der Waals surface area (Å²) in [6.45, 7) is 6.59. The molecule has 0 spiro atoms. The summed E-state index contributed by atoms with van der Waals surface area (Å²) >= 11 is 1.66. The first-order chi connectivity index (χ1) is 9.69. The van der Waals surface area contributed by atoms with Gasteiger partial charge in [-0.3, -0.25) is 9.69 Å². The summed E-state index contributed by atoms with van der Waals surface area (Å²) in [5.41, 5.74) is 0. The van der Waals surface area contributed by atoms with Gasteiger partial charge in [0, 0.05) is 50.9 Å². The molecule has 0 saturated carbocycles. The number of nitrogens with zero attached hydrogens (tertiary/aromatic N) is 3. The smallest absolute Gasteiger partial charge is 0.234 e. The number of nitrogens with one attached hydrogen (secondary N) is 1. The number of carbonyl (C=O) groups excluding carboxylic acids is 1. The minimum Gasteiger partial charge on any atom is -0.383 e. The molecule has 2 heterocycles. The van der Waals surface area contributed by atoms with Crippen LogP contribution >= 0.6 is 11.3 Å². The fourth-order valence-corrected chi connectivity index (χ4v) is 2.98. The molecule has 0 aromatic carbocycles. The van der Waals surface area contributed by atoms with Gasteiger partial charge in [-0.2, -0.15) is 0 Å². The molecular formula is C13H22N4O2S. The normalized spacial score (nSPS) is 18.0. The van der Waals surface area contributed by atoms with E-state index in [2.05, 4.69) is 20.1 Å². The van der Waals surface area contributed by atoms with Crippen LogP contribution in [0.5, 0.6) is 0 Å². The molecule has 1 N–H and O–H groups in total. The van der Waals surface area contributed by atoms with Crippen molar-refractivity contribution in [2.45, 2.75) is 13.0 Å². The SMILES string of the molecule is COC[C@H](C)NC(=O)CN1CCN(c2nccs2)CC1. The molecule has 0 unspecified atom stereocenters. The van der Waals surface area contributed by atoms with Crippen LogP contribution in [0.15, 0.2) is 11.6 Å². The van der Waals surface area contributed by atoms with Crippen LogP contribution in [-0.4, -0.2) is 68.3 Å². The van der Waals surface area contributed by atoms with Gasteiger partial charge in [0.15, 0.2) is 5.13 Å². The molecule has 1 aromatic heterocycles. The Morgan fingerprint density at radius 3 is 2.85 bits per heavy atom. The zero-order valence-electron chi connectivity index (χ0n) is 12.0. The van der Waals surface area contributed by atoms with Crippen molar-refractivity contribution in [2.24, 2.45) is 0 Å². The topological polar surface area (TPSA) is 57.7 Å². The Labute approximate surface area is 123 Å². The molecule has 1 fully saturated rings. The van der Waals surface area contributed by atoms with Crippen LogP contribution in [0.25, 0.3) is 0 Å². The second kappa shape index (κ2) is 7.56. The number of hydrogen-bond donors (Lipinski definition) is 1. The van der Waals surface area contributed by atoms with Crippen molar-refractivity contribution in [3.8, 4) is 0 Å². The number of thiazole rings is 1. The molecule has 112 valence electrons. The molecule has 7 heteroatoms. The van der Waals surface area contributed by atoms with Gasteiger partial charge in [-0.25, -0.2) is 4.98 Å². The highest BCUT2D eigenvalue weighted by molar-refractivity contribution is 7.13. The summed E-state index contributed by atoms with van der Waals surface area (Å²) in [5, 5.41) is 6.00. The van der Waals surface area contributed by atoms with E-state index in [0.29, 0.717) is 13.2 Å². The van der Waals surface area contributed by atoms with Gasteiger partial charge in [-0.05, 0) is 6.92 Å². The van der Waals surface area contributed by atoms with Gasteiger partial charge < -0.3 is 15.0 Å². The minimum atomic E-state index is 0.0594. The summed E-state index contributed by atoms with van der Waals surface area (Å²) in [6, 6.07) is 0.0594. The van der Waals surface area contributed by atoms with E-state index in [1.54, 1.807) is 18.4 Å². The Kier molecular flexibility index (Phi) is 5.75. The van der Waals surface area contributed by atoms with Gasteiger partial charge in [0.1, 0.15) is 0 Å². The molecule has 0 radical (unpaired) electrons. The van der Waals surface area contributed by atoms with Gasteiger partial charge in [0.2, 0.25) is 5.91 Å². The van der Waals surface area contributed by atoms with Gasteiger partial charge in [0.25, 0.3) is 0 Å². The lowest BCUT2D eigenvalue weighted by Gasteiger charge is -2.34. The Balaban J connectivity index is 1.70. The lowest BCUT2D eigenvalue weighted by atomic mass is 10.3. The number of amides is 1. The number of rotatable bonds is 6. The lowest BCUT2D eigenvalue weighted by Crippen LogP contribution is -2.50. The molecule has 1 aromatic rings. The third kappa shape index (κ3) is 4.43. The van der Waals surface area contributed by atoms with E-state index < -0.39 is 0 Å². The van der Waals surface area contributed by atoms with E-state index in [9.17, 15) is 4.79 Å². The first-order valence-corrected chi connectivity index (χ1v) is 7.72. The van der Waals surface area contributed by atoms with Crippen LogP contribution in [-0.2, 0) is 9.53 Å².